The number of hydrogen-bond donors (Lipinski definition) is 1. The summed E-state index contributed by atoms with van der Waals surface area (Å²) in [6.07, 6.45) is 21.1. The van der Waals surface area contributed by atoms with E-state index >= 15 is 0 Å². The molecule has 0 aromatic heterocycles. The molecule has 0 amide bonds. The second kappa shape index (κ2) is 21.9. The normalized spacial score (nSPS) is 11.2. The fourth-order valence-electron chi connectivity index (χ4n) is 3.43. The van der Waals surface area contributed by atoms with Gasteiger partial charge in [0.1, 0.15) is 0 Å². The van der Waals surface area contributed by atoms with Gasteiger partial charge in [-0.3, -0.25) is 4.79 Å². The van der Waals surface area contributed by atoms with Gasteiger partial charge in [0.2, 0.25) is 0 Å². The van der Waals surface area contributed by atoms with E-state index in [0.717, 1.165) is 51.4 Å². The van der Waals surface area contributed by atoms with E-state index in [0.29, 0.717) is 0 Å². The van der Waals surface area contributed by atoms with E-state index in [4.69, 9.17) is 5.11 Å². The Morgan fingerprint density at radius 3 is 1.57 bits per heavy atom. The molecule has 0 fully saturated rings. The molecular formula is C26H44O2. The summed E-state index contributed by atoms with van der Waals surface area (Å²) in [5, 5.41) is 9.12. The van der Waals surface area contributed by atoms with E-state index in [1.54, 1.807) is 0 Å². The van der Waals surface area contributed by atoms with Crippen LogP contribution < -0.4 is 0 Å². The molecule has 0 aromatic rings. The van der Waals surface area contributed by atoms with Crippen LogP contribution in [0, 0.1) is 29.6 Å². The third-order valence-corrected chi connectivity index (χ3v) is 5.24. The van der Waals surface area contributed by atoms with Crippen molar-refractivity contribution in [2.45, 2.75) is 129 Å². The molecule has 0 radical (unpaired) electrons. The Balaban J connectivity index is 3.43. The molecule has 0 spiro atoms. The van der Waals surface area contributed by atoms with Crippen LogP contribution in [0.3, 0.4) is 0 Å². The zero-order valence-corrected chi connectivity index (χ0v) is 18.7. The summed E-state index contributed by atoms with van der Waals surface area (Å²) in [7, 11) is 0. The summed E-state index contributed by atoms with van der Waals surface area (Å²) in [6, 6.07) is 0. The summed E-state index contributed by atoms with van der Waals surface area (Å²) < 4.78 is 0. The first-order valence-electron chi connectivity index (χ1n) is 11.9. The van der Waals surface area contributed by atoms with Crippen LogP contribution in [0.25, 0.3) is 0 Å². The molecule has 1 unspecified atom stereocenters. The SMILES string of the molecule is CCCCCCCCCCCCC#CC#CCCCCCC(CCC)C(=O)O. The predicted molar refractivity (Wildman–Crippen MR) is 121 cm³/mol. The maximum atomic E-state index is 11.1. The molecule has 0 aromatic carbocycles. The van der Waals surface area contributed by atoms with Crippen molar-refractivity contribution in [2.24, 2.45) is 5.92 Å². The van der Waals surface area contributed by atoms with Crippen LogP contribution >= 0.6 is 0 Å². The number of carbonyl (C=O) groups is 1. The van der Waals surface area contributed by atoms with Gasteiger partial charge in [-0.2, -0.15) is 0 Å². The number of unbranched alkanes of at least 4 members (excludes halogenated alkanes) is 13. The number of rotatable bonds is 18. The summed E-state index contributed by atoms with van der Waals surface area (Å²) >= 11 is 0. The summed E-state index contributed by atoms with van der Waals surface area (Å²) in [5.41, 5.74) is 0. The Bertz CT molecular complexity index is 472. The van der Waals surface area contributed by atoms with E-state index in [9.17, 15) is 4.79 Å². The maximum Gasteiger partial charge on any atom is 0.306 e. The Morgan fingerprint density at radius 1 is 0.643 bits per heavy atom. The van der Waals surface area contributed by atoms with Gasteiger partial charge in [-0.25, -0.2) is 0 Å². The van der Waals surface area contributed by atoms with Crippen LogP contribution in [-0.2, 0) is 4.79 Å². The summed E-state index contributed by atoms with van der Waals surface area (Å²) in [6.45, 7) is 4.31. The molecule has 0 saturated heterocycles. The molecule has 0 bridgehead atoms. The van der Waals surface area contributed by atoms with Gasteiger partial charge in [0.25, 0.3) is 0 Å². The smallest absolute Gasteiger partial charge is 0.306 e. The van der Waals surface area contributed by atoms with Gasteiger partial charge in [-0.15, -0.1) is 0 Å². The Labute approximate surface area is 175 Å². The molecule has 0 aliphatic heterocycles. The summed E-state index contributed by atoms with van der Waals surface area (Å²) in [5.74, 6) is 11.4. The Kier molecular flexibility index (Phi) is 20.8. The van der Waals surface area contributed by atoms with Crippen LogP contribution in [0.5, 0.6) is 0 Å². The Morgan fingerprint density at radius 2 is 1.11 bits per heavy atom. The monoisotopic (exact) mass is 388 g/mol. The van der Waals surface area contributed by atoms with Gasteiger partial charge in [0.05, 0.1) is 5.92 Å². The average Bonchev–Trinajstić information content (AvgIpc) is 2.68. The molecule has 0 heterocycles. The number of carboxylic acids is 1. The van der Waals surface area contributed by atoms with Crippen LogP contribution in [-0.4, -0.2) is 11.1 Å². The van der Waals surface area contributed by atoms with Crippen molar-refractivity contribution >= 4 is 5.97 Å². The van der Waals surface area contributed by atoms with E-state index in [2.05, 4.69) is 30.6 Å². The number of carboxylic acid groups (broad SMARTS) is 1. The minimum absolute atomic E-state index is 0.159. The van der Waals surface area contributed by atoms with Crippen molar-refractivity contribution in [3.05, 3.63) is 0 Å². The first-order chi connectivity index (χ1) is 13.7. The second-order valence-corrected chi connectivity index (χ2v) is 7.96. The zero-order valence-electron chi connectivity index (χ0n) is 18.7. The van der Waals surface area contributed by atoms with Crippen molar-refractivity contribution in [2.75, 3.05) is 0 Å². The predicted octanol–water partition coefficient (Wildman–Crippen LogP) is 7.76. The largest absolute Gasteiger partial charge is 0.481 e. The third-order valence-electron chi connectivity index (χ3n) is 5.24. The van der Waals surface area contributed by atoms with Gasteiger partial charge in [-0.05, 0) is 37.5 Å². The molecule has 0 saturated carbocycles. The lowest BCUT2D eigenvalue weighted by molar-refractivity contribution is -0.142. The highest BCUT2D eigenvalue weighted by molar-refractivity contribution is 5.69. The van der Waals surface area contributed by atoms with Crippen LogP contribution in [0.2, 0.25) is 0 Å². The highest BCUT2D eigenvalue weighted by atomic mass is 16.4. The fraction of sp³-hybridized carbons (Fsp3) is 0.808. The Hall–Kier alpha value is -1.41. The molecule has 1 N–H and O–H groups in total. The second-order valence-electron chi connectivity index (χ2n) is 7.96. The lowest BCUT2D eigenvalue weighted by atomic mass is 9.96. The van der Waals surface area contributed by atoms with Gasteiger partial charge < -0.3 is 5.11 Å². The molecule has 2 heteroatoms. The van der Waals surface area contributed by atoms with Crippen molar-refractivity contribution < 1.29 is 9.90 Å². The van der Waals surface area contributed by atoms with Gasteiger partial charge >= 0.3 is 5.97 Å². The van der Waals surface area contributed by atoms with Crippen molar-refractivity contribution in [3.63, 3.8) is 0 Å². The molecule has 2 nitrogen and oxygen atoms in total. The highest BCUT2D eigenvalue weighted by Gasteiger charge is 2.14. The van der Waals surface area contributed by atoms with E-state index < -0.39 is 5.97 Å². The van der Waals surface area contributed by atoms with Crippen molar-refractivity contribution in [1.82, 2.24) is 0 Å². The van der Waals surface area contributed by atoms with Gasteiger partial charge in [0, 0.05) is 12.8 Å². The van der Waals surface area contributed by atoms with Crippen molar-refractivity contribution in [3.8, 4) is 23.7 Å². The molecule has 0 aliphatic carbocycles. The number of hydrogen-bond acceptors (Lipinski definition) is 1. The molecule has 160 valence electrons. The van der Waals surface area contributed by atoms with Gasteiger partial charge in [0.15, 0.2) is 0 Å². The lowest BCUT2D eigenvalue weighted by Gasteiger charge is -2.09. The van der Waals surface area contributed by atoms with E-state index in [-0.39, 0.29) is 5.92 Å². The summed E-state index contributed by atoms with van der Waals surface area (Å²) in [4.78, 5) is 11.1. The van der Waals surface area contributed by atoms with E-state index in [1.165, 1.54) is 64.2 Å². The van der Waals surface area contributed by atoms with Crippen LogP contribution in [0.15, 0.2) is 0 Å². The maximum absolute atomic E-state index is 11.1. The first kappa shape index (κ1) is 26.6. The third kappa shape index (κ3) is 19.4. The molecule has 0 aliphatic rings. The molecule has 1 atom stereocenters. The van der Waals surface area contributed by atoms with E-state index in [1.807, 2.05) is 6.92 Å². The first-order valence-corrected chi connectivity index (χ1v) is 11.9. The van der Waals surface area contributed by atoms with Crippen LogP contribution in [0.4, 0.5) is 0 Å². The fourth-order valence-corrected chi connectivity index (χ4v) is 3.43. The molecule has 0 rings (SSSR count). The zero-order chi connectivity index (χ0) is 20.7. The number of aliphatic carboxylic acids is 1. The highest BCUT2D eigenvalue weighted by Crippen LogP contribution is 2.16. The van der Waals surface area contributed by atoms with Crippen molar-refractivity contribution in [1.29, 1.82) is 0 Å². The standard InChI is InChI=1S/C26H44O2/c1-3-5-6-7-8-9-10-11-12-13-14-15-16-17-18-19-20-21-22-24-25(23-4-2)26(27)28/h25H,3-14,19-24H2,1-2H3,(H,27,28). The molecule has 28 heavy (non-hydrogen) atoms. The topological polar surface area (TPSA) is 37.3 Å². The minimum atomic E-state index is -0.640. The van der Waals surface area contributed by atoms with Gasteiger partial charge in [-0.1, -0.05) is 103 Å². The lowest BCUT2D eigenvalue weighted by Crippen LogP contribution is -2.13. The quantitative estimate of drug-likeness (QED) is 0.192. The average molecular weight is 389 g/mol. The molecular weight excluding hydrogens is 344 g/mol. The van der Waals surface area contributed by atoms with Crippen LogP contribution in [0.1, 0.15) is 129 Å². The minimum Gasteiger partial charge on any atom is -0.481 e.